The highest BCUT2D eigenvalue weighted by atomic mass is 31.2. The van der Waals surface area contributed by atoms with Crippen LogP contribution in [0.4, 0.5) is 0 Å². The smallest absolute Gasteiger partial charge is 0.391 e. The first-order valence-corrected chi connectivity index (χ1v) is 31.4. The van der Waals surface area contributed by atoms with E-state index in [9.17, 15) is 19.4 Å². The number of quaternary nitrogens is 1. The summed E-state index contributed by atoms with van der Waals surface area (Å²) in [7, 11) is 1.64. The molecule has 0 aromatic heterocycles. The third kappa shape index (κ3) is 53.1. The number of nitrogens with one attached hydrogen (secondary N) is 1. The average Bonchev–Trinajstić information content (AvgIpc) is 3.29. The Kier molecular flexibility index (Phi) is 50.1. The van der Waals surface area contributed by atoms with Gasteiger partial charge in [-0.2, -0.15) is 0 Å². The van der Waals surface area contributed by atoms with Crippen molar-refractivity contribution in [3.63, 3.8) is 0 Å². The molecule has 0 aliphatic heterocycles. The number of carbonyl (C=O) groups excluding carboxylic acids is 1. The van der Waals surface area contributed by atoms with Gasteiger partial charge >= 0.3 is 7.82 Å². The molecule has 0 aliphatic carbocycles. The number of hydrogen-bond donors (Lipinski definition) is 3. The summed E-state index contributed by atoms with van der Waals surface area (Å²) in [6.07, 6.45) is 60.2. The second kappa shape index (κ2) is 50.4. The third-order valence-electron chi connectivity index (χ3n) is 14.1. The van der Waals surface area contributed by atoms with Crippen molar-refractivity contribution in [1.29, 1.82) is 0 Å². The van der Waals surface area contributed by atoms with Crippen LogP contribution < -0.4 is 5.32 Å². The first-order chi connectivity index (χ1) is 32.5. The molecular weight excluding hydrogens is 852 g/mol. The molecule has 9 heteroatoms. The van der Waals surface area contributed by atoms with E-state index in [0.717, 1.165) is 38.5 Å². The number of rotatable bonds is 56. The van der Waals surface area contributed by atoms with Crippen LogP contribution in [0.3, 0.4) is 0 Å². The van der Waals surface area contributed by atoms with Crippen molar-refractivity contribution < 1.29 is 32.9 Å². The Bertz CT molecular complexity index is 1060. The number of carbonyl (C=O) groups is 1. The van der Waals surface area contributed by atoms with Gasteiger partial charge in [-0.1, -0.05) is 296 Å². The van der Waals surface area contributed by atoms with Crippen LogP contribution in [0.1, 0.15) is 316 Å². The van der Waals surface area contributed by atoms with Crippen LogP contribution in [0.15, 0.2) is 0 Å². The number of hydrogen-bond acceptors (Lipinski definition) is 5. The number of phosphoric acid groups is 1. The van der Waals surface area contributed by atoms with Crippen molar-refractivity contribution in [3.05, 3.63) is 0 Å². The molecule has 0 rings (SSSR count). The molecule has 3 atom stereocenters. The zero-order valence-electron chi connectivity index (χ0n) is 45.9. The second-order valence-corrected chi connectivity index (χ2v) is 23.5. The Hall–Kier alpha value is -0.500. The average molecular weight is 973 g/mol. The molecule has 402 valence electrons. The Labute approximate surface area is 419 Å². The quantitative estimate of drug-likeness (QED) is 0.0319. The Morgan fingerprint density at radius 3 is 1.00 bits per heavy atom. The largest absolute Gasteiger partial charge is 0.472 e. The summed E-state index contributed by atoms with van der Waals surface area (Å²) in [5.74, 6) is -0.135. The number of likely N-dealkylation sites (N-methyl/N-ethyl adjacent to an activating group) is 1. The van der Waals surface area contributed by atoms with Crippen LogP contribution in [0.25, 0.3) is 0 Å². The molecule has 67 heavy (non-hydrogen) atoms. The molecule has 0 fully saturated rings. The van der Waals surface area contributed by atoms with Gasteiger partial charge in [0.1, 0.15) is 13.2 Å². The van der Waals surface area contributed by atoms with Gasteiger partial charge in [-0.25, -0.2) is 4.57 Å². The van der Waals surface area contributed by atoms with Crippen LogP contribution in [-0.4, -0.2) is 73.4 Å². The molecule has 0 bridgehead atoms. The predicted octanol–water partition coefficient (Wildman–Crippen LogP) is 18.0. The highest BCUT2D eigenvalue weighted by molar-refractivity contribution is 7.47. The fraction of sp³-hybridized carbons (Fsp3) is 0.983. The standard InChI is InChI=1S/C58H119N2O6P/c1-6-8-10-12-14-16-18-20-22-24-26-28-29-30-32-34-36-38-40-42-44-46-48-50-52-58(62)59-56(55-66-67(63,64)65-54-53-60(3,4)5)57(61)51-49-47-45-43-41-39-37-35-33-31-27-25-23-21-19-17-15-13-11-9-7-2/h56-57,61H,6-55H2,1-5H3,(H-,59,62,63,64)/p+1. The SMILES string of the molecule is CCCCCCCCCCCCCCCCCCCCCCCCCCC(=O)NC(COP(=O)(O)OCC[N+](C)(C)C)C(O)CCCCCCCCCCCCCCCCCCCCCCC. The van der Waals surface area contributed by atoms with Crippen molar-refractivity contribution in [1.82, 2.24) is 5.32 Å². The molecular formula is C58H120N2O6P+. The lowest BCUT2D eigenvalue weighted by Gasteiger charge is -2.26. The zero-order chi connectivity index (χ0) is 49.2. The van der Waals surface area contributed by atoms with Crippen molar-refractivity contribution in [2.75, 3.05) is 40.9 Å². The fourth-order valence-corrected chi connectivity index (χ4v) is 10.1. The number of unbranched alkanes of at least 4 members (excludes halogenated alkanes) is 43. The molecule has 0 heterocycles. The molecule has 0 aliphatic rings. The number of aliphatic hydroxyl groups excluding tert-OH is 1. The van der Waals surface area contributed by atoms with E-state index in [1.807, 2.05) is 21.1 Å². The summed E-state index contributed by atoms with van der Waals surface area (Å²) in [6.45, 7) is 4.95. The normalized spacial score (nSPS) is 13.8. The molecule has 0 saturated carbocycles. The highest BCUT2D eigenvalue weighted by Crippen LogP contribution is 2.43. The Morgan fingerprint density at radius 1 is 0.448 bits per heavy atom. The molecule has 0 aromatic rings. The Morgan fingerprint density at radius 2 is 0.716 bits per heavy atom. The Balaban J connectivity index is 4.10. The van der Waals surface area contributed by atoms with Crippen molar-refractivity contribution in [2.45, 2.75) is 328 Å². The van der Waals surface area contributed by atoms with Gasteiger partial charge in [0.25, 0.3) is 0 Å². The molecule has 0 aromatic carbocycles. The molecule has 0 saturated heterocycles. The van der Waals surface area contributed by atoms with Gasteiger partial charge in [-0.15, -0.1) is 0 Å². The maximum absolute atomic E-state index is 13.0. The van der Waals surface area contributed by atoms with Gasteiger partial charge in [0.15, 0.2) is 0 Å². The predicted molar refractivity (Wildman–Crippen MR) is 291 cm³/mol. The number of aliphatic hydroxyl groups is 1. The monoisotopic (exact) mass is 972 g/mol. The van der Waals surface area contributed by atoms with Gasteiger partial charge in [0, 0.05) is 6.42 Å². The van der Waals surface area contributed by atoms with E-state index in [1.54, 1.807) is 0 Å². The molecule has 0 radical (unpaired) electrons. The van der Waals surface area contributed by atoms with Crippen molar-refractivity contribution in [3.8, 4) is 0 Å². The van der Waals surface area contributed by atoms with Gasteiger partial charge in [-0.05, 0) is 12.8 Å². The van der Waals surface area contributed by atoms with E-state index >= 15 is 0 Å². The maximum Gasteiger partial charge on any atom is 0.472 e. The van der Waals surface area contributed by atoms with E-state index < -0.39 is 20.0 Å². The van der Waals surface area contributed by atoms with Crippen LogP contribution in [0.5, 0.6) is 0 Å². The van der Waals surface area contributed by atoms with Crippen LogP contribution in [-0.2, 0) is 18.4 Å². The first kappa shape index (κ1) is 66.5. The topological polar surface area (TPSA) is 105 Å². The maximum atomic E-state index is 13.0. The molecule has 3 N–H and O–H groups in total. The van der Waals surface area contributed by atoms with Gasteiger partial charge in [-0.3, -0.25) is 13.8 Å². The molecule has 0 spiro atoms. The number of nitrogens with zero attached hydrogens (tertiary/aromatic N) is 1. The third-order valence-corrected chi connectivity index (χ3v) is 15.1. The van der Waals surface area contributed by atoms with Gasteiger partial charge in [0.2, 0.25) is 5.91 Å². The van der Waals surface area contributed by atoms with Gasteiger partial charge in [0.05, 0.1) is 39.9 Å². The minimum atomic E-state index is -4.32. The summed E-state index contributed by atoms with van der Waals surface area (Å²) in [5, 5.41) is 14.1. The number of phosphoric ester groups is 1. The first-order valence-electron chi connectivity index (χ1n) is 29.9. The lowest BCUT2D eigenvalue weighted by Crippen LogP contribution is -2.46. The van der Waals surface area contributed by atoms with E-state index in [0.29, 0.717) is 23.9 Å². The summed E-state index contributed by atoms with van der Waals surface area (Å²) in [5.41, 5.74) is 0. The number of amides is 1. The van der Waals surface area contributed by atoms with Crippen LogP contribution in [0.2, 0.25) is 0 Å². The highest BCUT2D eigenvalue weighted by Gasteiger charge is 2.28. The van der Waals surface area contributed by atoms with E-state index in [-0.39, 0.29) is 19.1 Å². The summed E-state index contributed by atoms with van der Waals surface area (Å²) in [6, 6.07) is -0.755. The van der Waals surface area contributed by atoms with E-state index in [2.05, 4.69) is 19.2 Å². The molecule has 8 nitrogen and oxygen atoms in total. The minimum absolute atomic E-state index is 0.0792. The lowest BCUT2D eigenvalue weighted by atomic mass is 10.0. The van der Waals surface area contributed by atoms with Crippen molar-refractivity contribution in [2.24, 2.45) is 0 Å². The van der Waals surface area contributed by atoms with Gasteiger partial charge < -0.3 is 19.8 Å². The second-order valence-electron chi connectivity index (χ2n) is 22.1. The zero-order valence-corrected chi connectivity index (χ0v) is 46.8. The summed E-state index contributed by atoms with van der Waals surface area (Å²) in [4.78, 5) is 23.4. The van der Waals surface area contributed by atoms with E-state index in [4.69, 9.17) is 9.05 Å². The van der Waals surface area contributed by atoms with Crippen molar-refractivity contribution >= 4 is 13.7 Å². The van der Waals surface area contributed by atoms with E-state index in [1.165, 1.54) is 250 Å². The fourth-order valence-electron chi connectivity index (χ4n) is 9.40. The summed E-state index contributed by atoms with van der Waals surface area (Å²) >= 11 is 0. The minimum Gasteiger partial charge on any atom is -0.391 e. The van der Waals surface area contributed by atoms with Crippen LogP contribution >= 0.6 is 7.82 Å². The molecule has 1 amide bonds. The molecule has 3 unspecified atom stereocenters. The van der Waals surface area contributed by atoms with Crippen LogP contribution in [0, 0.1) is 0 Å². The lowest BCUT2D eigenvalue weighted by molar-refractivity contribution is -0.870. The summed E-state index contributed by atoms with van der Waals surface area (Å²) < 4.78 is 23.8.